The zero-order valence-corrected chi connectivity index (χ0v) is 14.8. The number of hydrogen-bond donors (Lipinski definition) is 0. The smallest absolute Gasteiger partial charge is 0.261 e. The minimum Gasteiger partial charge on any atom is -0.290 e. The number of fused-ring (bicyclic) bond motifs is 2. The topological polar surface area (TPSA) is 34.9 Å². The van der Waals surface area contributed by atoms with Crippen LogP contribution in [0.3, 0.4) is 0 Å². The fourth-order valence-corrected chi connectivity index (χ4v) is 4.59. The fourth-order valence-electron chi connectivity index (χ4n) is 2.69. The monoisotopic (exact) mass is 364 g/mol. The summed E-state index contributed by atoms with van der Waals surface area (Å²) in [5.74, 6) is 1.03. The number of benzene rings is 2. The maximum absolute atomic E-state index is 12.6. The van der Waals surface area contributed by atoms with Crippen molar-refractivity contribution in [3.05, 3.63) is 46.8 Å². The molecule has 3 nitrogen and oxygen atoms in total. The molecule has 0 radical (unpaired) electrons. The highest BCUT2D eigenvalue weighted by atomic mass is 35.5. The van der Waals surface area contributed by atoms with E-state index in [1.54, 1.807) is 11.6 Å². The van der Waals surface area contributed by atoms with E-state index in [4.69, 9.17) is 23.2 Å². The standard InChI is InChI=1S/C17H14Cl2N2OS/c1-21-15(22)13-6-10-4-2-3-5-11(10)7-14(13)20-16(21)23-9-12-8-17(12,18)19/h2-7,12H,8-9H2,1H3/t12-/m0/s1. The molecule has 6 heteroatoms. The second-order valence-corrected chi connectivity index (χ2v) is 8.48. The third kappa shape index (κ3) is 2.73. The molecular weight excluding hydrogens is 351 g/mol. The lowest BCUT2D eigenvalue weighted by molar-refractivity contribution is 0.725. The molecule has 0 amide bonds. The van der Waals surface area contributed by atoms with Gasteiger partial charge in [-0.15, -0.1) is 23.2 Å². The third-order valence-electron chi connectivity index (χ3n) is 4.27. The first-order chi connectivity index (χ1) is 11.0. The normalized spacial score (nSPS) is 19.3. The van der Waals surface area contributed by atoms with Crippen LogP contribution >= 0.6 is 35.0 Å². The summed E-state index contributed by atoms with van der Waals surface area (Å²) < 4.78 is 1.01. The van der Waals surface area contributed by atoms with E-state index in [1.165, 1.54) is 11.8 Å². The Kier molecular flexibility index (Phi) is 3.59. The van der Waals surface area contributed by atoms with Gasteiger partial charge in [0.05, 0.1) is 10.9 Å². The third-order valence-corrected chi connectivity index (χ3v) is 6.39. The van der Waals surface area contributed by atoms with Gasteiger partial charge >= 0.3 is 0 Å². The highest BCUT2D eigenvalue weighted by molar-refractivity contribution is 7.99. The average molecular weight is 365 g/mol. The van der Waals surface area contributed by atoms with Crippen LogP contribution in [0.25, 0.3) is 21.7 Å². The van der Waals surface area contributed by atoms with Crippen molar-refractivity contribution in [3.8, 4) is 0 Å². The molecule has 1 aliphatic carbocycles. The predicted molar refractivity (Wildman–Crippen MR) is 97.8 cm³/mol. The van der Waals surface area contributed by atoms with Crippen LogP contribution in [0.1, 0.15) is 6.42 Å². The van der Waals surface area contributed by atoms with Gasteiger partial charge in [-0.2, -0.15) is 0 Å². The van der Waals surface area contributed by atoms with E-state index < -0.39 is 4.33 Å². The van der Waals surface area contributed by atoms with Gasteiger partial charge < -0.3 is 0 Å². The molecule has 0 aliphatic heterocycles. The minimum atomic E-state index is -0.598. The van der Waals surface area contributed by atoms with E-state index in [2.05, 4.69) is 4.98 Å². The number of thioether (sulfide) groups is 1. The first-order valence-electron chi connectivity index (χ1n) is 7.36. The number of alkyl halides is 2. The molecule has 0 N–H and O–H groups in total. The maximum atomic E-state index is 12.6. The van der Waals surface area contributed by atoms with Gasteiger partial charge in [-0.3, -0.25) is 9.36 Å². The molecule has 0 bridgehead atoms. The molecule has 4 rings (SSSR count). The van der Waals surface area contributed by atoms with E-state index in [0.29, 0.717) is 10.5 Å². The molecule has 3 aromatic rings. The molecule has 1 fully saturated rings. The van der Waals surface area contributed by atoms with Crippen LogP contribution in [0.15, 0.2) is 46.3 Å². The zero-order valence-electron chi connectivity index (χ0n) is 12.4. The van der Waals surface area contributed by atoms with Crippen LogP contribution < -0.4 is 5.56 Å². The van der Waals surface area contributed by atoms with Crippen LogP contribution in [0, 0.1) is 5.92 Å². The number of rotatable bonds is 3. The summed E-state index contributed by atoms with van der Waals surface area (Å²) in [7, 11) is 1.76. The van der Waals surface area contributed by atoms with Crippen molar-refractivity contribution in [2.75, 3.05) is 5.75 Å². The summed E-state index contributed by atoms with van der Waals surface area (Å²) >= 11 is 13.7. The lowest BCUT2D eigenvalue weighted by Gasteiger charge is -2.09. The van der Waals surface area contributed by atoms with Crippen molar-refractivity contribution in [1.29, 1.82) is 0 Å². The predicted octanol–water partition coefficient (Wildman–Crippen LogP) is 4.37. The molecule has 0 saturated heterocycles. The summed E-state index contributed by atoms with van der Waals surface area (Å²) in [4.78, 5) is 17.3. The quantitative estimate of drug-likeness (QED) is 0.299. The highest BCUT2D eigenvalue weighted by Gasteiger charge is 2.51. The van der Waals surface area contributed by atoms with E-state index in [-0.39, 0.29) is 11.5 Å². The van der Waals surface area contributed by atoms with Crippen LogP contribution in [0.5, 0.6) is 0 Å². The van der Waals surface area contributed by atoms with Gasteiger partial charge in [-0.25, -0.2) is 4.98 Å². The Bertz CT molecular complexity index is 983. The first-order valence-corrected chi connectivity index (χ1v) is 9.10. The summed E-state index contributed by atoms with van der Waals surface area (Å²) in [6.45, 7) is 0. The molecule has 1 aromatic heterocycles. The Labute approximate surface area is 147 Å². The lowest BCUT2D eigenvalue weighted by Crippen LogP contribution is -2.20. The average Bonchev–Trinajstić information content (AvgIpc) is 3.15. The molecule has 1 atom stereocenters. The van der Waals surface area contributed by atoms with Gasteiger partial charge in [0.25, 0.3) is 5.56 Å². The number of nitrogens with zero attached hydrogens (tertiary/aromatic N) is 2. The number of aromatic nitrogens is 2. The van der Waals surface area contributed by atoms with E-state index >= 15 is 0 Å². The molecule has 0 spiro atoms. The van der Waals surface area contributed by atoms with Gasteiger partial charge in [-0.05, 0) is 29.3 Å². The molecule has 23 heavy (non-hydrogen) atoms. The number of hydrogen-bond acceptors (Lipinski definition) is 3. The van der Waals surface area contributed by atoms with Crippen molar-refractivity contribution in [2.24, 2.45) is 13.0 Å². The van der Waals surface area contributed by atoms with Crippen LogP contribution in [-0.4, -0.2) is 19.6 Å². The van der Waals surface area contributed by atoms with Crippen LogP contribution in [0.2, 0.25) is 0 Å². The fraction of sp³-hybridized carbons (Fsp3) is 0.294. The van der Waals surface area contributed by atoms with Gasteiger partial charge in [0.15, 0.2) is 5.16 Å². The minimum absolute atomic E-state index is 0.0259. The van der Waals surface area contributed by atoms with Gasteiger partial charge in [0, 0.05) is 18.7 Å². The van der Waals surface area contributed by atoms with Gasteiger partial charge in [0.2, 0.25) is 0 Å². The lowest BCUT2D eigenvalue weighted by atomic mass is 10.1. The summed E-state index contributed by atoms with van der Waals surface area (Å²) in [6.07, 6.45) is 0.801. The Morgan fingerprint density at radius 3 is 2.61 bits per heavy atom. The Hall–Kier alpha value is -1.23. The van der Waals surface area contributed by atoms with Crippen molar-refractivity contribution < 1.29 is 0 Å². The van der Waals surface area contributed by atoms with E-state index in [0.717, 1.165) is 28.5 Å². The SMILES string of the molecule is Cn1c(SC[C@@H]2CC2(Cl)Cl)nc2cc3ccccc3cc2c1=O. The van der Waals surface area contributed by atoms with Crippen molar-refractivity contribution in [1.82, 2.24) is 9.55 Å². The molecule has 1 heterocycles. The molecule has 118 valence electrons. The van der Waals surface area contributed by atoms with Crippen molar-refractivity contribution in [2.45, 2.75) is 15.9 Å². The molecule has 2 aromatic carbocycles. The van der Waals surface area contributed by atoms with E-state index in [1.807, 2.05) is 36.4 Å². The Morgan fingerprint density at radius 2 is 1.96 bits per heavy atom. The number of halogens is 2. The molecule has 1 aliphatic rings. The van der Waals surface area contributed by atoms with Gasteiger partial charge in [-0.1, -0.05) is 36.0 Å². The highest BCUT2D eigenvalue weighted by Crippen LogP contribution is 2.54. The summed E-state index contributed by atoms with van der Waals surface area (Å²) in [6, 6.07) is 11.9. The molecular formula is C17H14Cl2N2OS. The van der Waals surface area contributed by atoms with Crippen LogP contribution in [0.4, 0.5) is 0 Å². The molecule has 1 saturated carbocycles. The van der Waals surface area contributed by atoms with E-state index in [9.17, 15) is 4.79 Å². The largest absolute Gasteiger partial charge is 0.290 e. The Balaban J connectivity index is 1.78. The zero-order chi connectivity index (χ0) is 16.2. The first kappa shape index (κ1) is 15.3. The Morgan fingerprint density at radius 1 is 1.30 bits per heavy atom. The second-order valence-electron chi connectivity index (χ2n) is 5.95. The molecule has 0 unspecified atom stereocenters. The maximum Gasteiger partial charge on any atom is 0.261 e. The second kappa shape index (κ2) is 5.40. The van der Waals surface area contributed by atoms with Gasteiger partial charge in [0.1, 0.15) is 4.33 Å². The summed E-state index contributed by atoms with van der Waals surface area (Å²) in [5, 5.41) is 3.48. The van der Waals surface area contributed by atoms with Crippen LogP contribution in [-0.2, 0) is 7.05 Å². The van der Waals surface area contributed by atoms with Crippen molar-refractivity contribution in [3.63, 3.8) is 0 Å². The summed E-state index contributed by atoms with van der Waals surface area (Å²) in [5.41, 5.74) is 0.704. The van der Waals surface area contributed by atoms with Crippen molar-refractivity contribution >= 4 is 56.6 Å².